The van der Waals surface area contributed by atoms with Gasteiger partial charge in [-0.05, 0) is 35.7 Å². The van der Waals surface area contributed by atoms with Gasteiger partial charge < -0.3 is 5.32 Å². The Hall–Kier alpha value is -3.55. The molecule has 2 aliphatic heterocycles. The summed E-state index contributed by atoms with van der Waals surface area (Å²) in [6.07, 6.45) is 0. The van der Waals surface area contributed by atoms with E-state index in [0.29, 0.717) is 17.3 Å². The second-order valence-electron chi connectivity index (χ2n) is 7.36. The summed E-state index contributed by atoms with van der Waals surface area (Å²) < 4.78 is 0. The molecule has 1 saturated heterocycles. The highest BCUT2D eigenvalue weighted by Gasteiger charge is 2.55. The molecule has 0 aromatic heterocycles. The van der Waals surface area contributed by atoms with E-state index in [-0.39, 0.29) is 12.5 Å². The molecular formula is C21H21N5O3. The molecule has 0 aliphatic carbocycles. The van der Waals surface area contributed by atoms with Crippen LogP contribution >= 0.6 is 0 Å². The summed E-state index contributed by atoms with van der Waals surface area (Å²) in [5.74, 6) is -0.835. The lowest BCUT2D eigenvalue weighted by Crippen LogP contribution is -2.43. The van der Waals surface area contributed by atoms with Gasteiger partial charge in [0.25, 0.3) is 11.8 Å². The third-order valence-electron chi connectivity index (χ3n) is 5.04. The van der Waals surface area contributed by atoms with Crippen LogP contribution in [0.2, 0.25) is 0 Å². The van der Waals surface area contributed by atoms with Gasteiger partial charge >= 0.3 is 0 Å². The molecule has 4 rings (SSSR count). The lowest BCUT2D eigenvalue weighted by atomic mass is 10.0. The molecule has 0 spiro atoms. The van der Waals surface area contributed by atoms with Gasteiger partial charge in [0.1, 0.15) is 6.54 Å². The number of carbonyl (C=O) groups is 3. The molecule has 0 saturated carbocycles. The first-order valence-corrected chi connectivity index (χ1v) is 9.46. The molecular weight excluding hydrogens is 370 g/mol. The van der Waals surface area contributed by atoms with Crippen molar-refractivity contribution in [2.75, 3.05) is 16.8 Å². The zero-order chi connectivity index (χ0) is 20.5. The van der Waals surface area contributed by atoms with Gasteiger partial charge in [0.05, 0.1) is 5.69 Å². The van der Waals surface area contributed by atoms with Crippen LogP contribution in [0.3, 0.4) is 0 Å². The fraction of sp³-hybridized carbons (Fsp3) is 0.286. The molecule has 2 aliphatic rings. The van der Waals surface area contributed by atoms with E-state index in [0.717, 1.165) is 10.5 Å². The van der Waals surface area contributed by atoms with Crippen molar-refractivity contribution in [3.63, 3.8) is 0 Å². The molecule has 2 aromatic carbocycles. The van der Waals surface area contributed by atoms with Gasteiger partial charge in [-0.15, -0.1) is 0 Å². The van der Waals surface area contributed by atoms with Crippen molar-refractivity contribution in [2.24, 2.45) is 10.3 Å². The second-order valence-corrected chi connectivity index (χ2v) is 7.36. The highest BCUT2D eigenvalue weighted by Crippen LogP contribution is 2.32. The molecule has 2 aromatic rings. The molecule has 1 N–H and O–H groups in total. The maximum atomic E-state index is 13.0. The van der Waals surface area contributed by atoms with Crippen LogP contribution < -0.4 is 10.2 Å². The van der Waals surface area contributed by atoms with Crippen LogP contribution in [0, 0.1) is 0 Å². The summed E-state index contributed by atoms with van der Waals surface area (Å²) in [6, 6.07) is 14.5. The van der Waals surface area contributed by atoms with Crippen LogP contribution in [0.5, 0.6) is 0 Å². The number of para-hydroxylation sites is 1. The molecule has 0 radical (unpaired) electrons. The topological polar surface area (TPSA) is 94.4 Å². The minimum atomic E-state index is -0.920. The van der Waals surface area contributed by atoms with Gasteiger partial charge in [-0.1, -0.05) is 49.4 Å². The van der Waals surface area contributed by atoms with E-state index < -0.39 is 23.9 Å². The van der Waals surface area contributed by atoms with E-state index in [9.17, 15) is 14.4 Å². The average molecular weight is 391 g/mol. The maximum Gasteiger partial charge on any atom is 0.263 e. The summed E-state index contributed by atoms with van der Waals surface area (Å²) in [5, 5.41) is 11.9. The summed E-state index contributed by atoms with van der Waals surface area (Å²) in [6.45, 7) is 3.98. The Labute approximate surface area is 168 Å². The van der Waals surface area contributed by atoms with Crippen LogP contribution in [0.1, 0.15) is 25.3 Å². The Morgan fingerprint density at radius 3 is 2.38 bits per heavy atom. The highest BCUT2D eigenvalue weighted by molar-refractivity contribution is 6.25. The number of fused-ring (bicyclic) bond motifs is 1. The molecule has 3 amide bonds. The SMILES string of the molecule is CC(C)c1ccc(N2C(=O)C3N=NN(CC(=O)Nc4ccccc4)C3C2=O)cc1. The van der Waals surface area contributed by atoms with Crippen LogP contribution in [0.15, 0.2) is 64.9 Å². The number of amides is 3. The fourth-order valence-electron chi connectivity index (χ4n) is 3.49. The molecule has 2 atom stereocenters. The zero-order valence-corrected chi connectivity index (χ0v) is 16.1. The van der Waals surface area contributed by atoms with Crippen molar-refractivity contribution in [3.05, 3.63) is 60.2 Å². The van der Waals surface area contributed by atoms with E-state index in [4.69, 9.17) is 0 Å². The fourth-order valence-corrected chi connectivity index (χ4v) is 3.49. The van der Waals surface area contributed by atoms with Gasteiger partial charge in [0, 0.05) is 5.69 Å². The van der Waals surface area contributed by atoms with Crippen molar-refractivity contribution >= 4 is 29.1 Å². The number of nitrogens with one attached hydrogen (secondary N) is 1. The number of nitrogens with zero attached hydrogens (tertiary/aromatic N) is 4. The van der Waals surface area contributed by atoms with Crippen LogP contribution in [0.25, 0.3) is 0 Å². The molecule has 29 heavy (non-hydrogen) atoms. The van der Waals surface area contributed by atoms with Crippen LogP contribution in [-0.4, -0.2) is 41.4 Å². The summed E-state index contributed by atoms with van der Waals surface area (Å²) in [4.78, 5) is 39.2. The molecule has 148 valence electrons. The second kappa shape index (κ2) is 7.46. The minimum absolute atomic E-state index is 0.168. The van der Waals surface area contributed by atoms with Crippen molar-refractivity contribution in [2.45, 2.75) is 31.8 Å². The third kappa shape index (κ3) is 3.49. The number of rotatable bonds is 5. The molecule has 1 fully saturated rings. The van der Waals surface area contributed by atoms with Crippen molar-refractivity contribution in [3.8, 4) is 0 Å². The standard InChI is InChI=1S/C21H21N5O3/c1-13(2)14-8-10-16(11-9-14)26-20(28)18-19(21(26)29)25(24-23-18)12-17(27)22-15-6-4-3-5-7-15/h3-11,13,18-19H,12H2,1-2H3,(H,22,27). The molecule has 0 bridgehead atoms. The lowest BCUT2D eigenvalue weighted by molar-refractivity contribution is -0.123. The summed E-state index contributed by atoms with van der Waals surface area (Å²) in [5.41, 5.74) is 2.26. The van der Waals surface area contributed by atoms with Gasteiger partial charge in [-0.25, -0.2) is 4.90 Å². The van der Waals surface area contributed by atoms with Crippen molar-refractivity contribution in [1.29, 1.82) is 0 Å². The van der Waals surface area contributed by atoms with Crippen LogP contribution in [-0.2, 0) is 14.4 Å². The quantitative estimate of drug-likeness (QED) is 0.793. The van der Waals surface area contributed by atoms with E-state index >= 15 is 0 Å². The number of imide groups is 1. The van der Waals surface area contributed by atoms with E-state index in [1.807, 2.05) is 30.3 Å². The van der Waals surface area contributed by atoms with Crippen molar-refractivity contribution < 1.29 is 14.4 Å². The Morgan fingerprint density at radius 1 is 1.03 bits per heavy atom. The molecule has 2 heterocycles. The van der Waals surface area contributed by atoms with Crippen LogP contribution in [0.4, 0.5) is 11.4 Å². The minimum Gasteiger partial charge on any atom is -0.324 e. The molecule has 8 heteroatoms. The Kier molecular flexibility index (Phi) is 4.84. The van der Waals surface area contributed by atoms with E-state index in [2.05, 4.69) is 29.5 Å². The number of hydrogen-bond donors (Lipinski definition) is 1. The summed E-state index contributed by atoms with van der Waals surface area (Å²) in [7, 11) is 0. The maximum absolute atomic E-state index is 13.0. The first kappa shape index (κ1) is 18.8. The number of hydrogen-bond acceptors (Lipinski definition) is 6. The first-order chi connectivity index (χ1) is 14.0. The Balaban J connectivity index is 1.48. The Bertz CT molecular complexity index is 972. The third-order valence-corrected chi connectivity index (χ3v) is 5.04. The highest BCUT2D eigenvalue weighted by atomic mass is 16.2. The van der Waals surface area contributed by atoms with Gasteiger partial charge in [0.15, 0.2) is 12.1 Å². The van der Waals surface area contributed by atoms with Gasteiger partial charge in [-0.2, -0.15) is 5.11 Å². The number of benzene rings is 2. The Morgan fingerprint density at radius 2 is 1.72 bits per heavy atom. The predicted octanol–water partition coefficient (Wildman–Crippen LogP) is 2.74. The molecule has 8 nitrogen and oxygen atoms in total. The van der Waals surface area contributed by atoms with Gasteiger partial charge in [0.2, 0.25) is 5.91 Å². The average Bonchev–Trinajstić information content (AvgIpc) is 3.22. The number of carbonyl (C=O) groups excluding carboxylic acids is 3. The van der Waals surface area contributed by atoms with E-state index in [1.165, 1.54) is 5.01 Å². The van der Waals surface area contributed by atoms with Crippen molar-refractivity contribution in [1.82, 2.24) is 5.01 Å². The zero-order valence-electron chi connectivity index (χ0n) is 16.1. The molecule has 2 unspecified atom stereocenters. The normalized spacial score (nSPS) is 20.5. The number of anilines is 2. The van der Waals surface area contributed by atoms with Gasteiger partial charge in [-0.3, -0.25) is 19.4 Å². The monoisotopic (exact) mass is 391 g/mol. The summed E-state index contributed by atoms with van der Waals surface area (Å²) >= 11 is 0. The largest absolute Gasteiger partial charge is 0.324 e. The smallest absolute Gasteiger partial charge is 0.263 e. The first-order valence-electron chi connectivity index (χ1n) is 9.46. The lowest BCUT2D eigenvalue weighted by Gasteiger charge is -2.20. The predicted molar refractivity (Wildman–Crippen MR) is 107 cm³/mol. The van der Waals surface area contributed by atoms with E-state index in [1.54, 1.807) is 24.3 Å².